The van der Waals surface area contributed by atoms with Gasteiger partial charge in [0.25, 0.3) is 5.91 Å². The summed E-state index contributed by atoms with van der Waals surface area (Å²) in [6.45, 7) is 2.05. The van der Waals surface area contributed by atoms with Crippen molar-refractivity contribution in [3.63, 3.8) is 0 Å². The number of amides is 1. The molecule has 2 aromatic heterocycles. The number of aromatic amines is 1. The van der Waals surface area contributed by atoms with E-state index in [1.807, 2.05) is 66.9 Å². The van der Waals surface area contributed by atoms with Gasteiger partial charge >= 0.3 is 0 Å². The van der Waals surface area contributed by atoms with E-state index in [2.05, 4.69) is 21.6 Å². The fourth-order valence-corrected chi connectivity index (χ4v) is 3.54. The highest BCUT2D eigenvalue weighted by Gasteiger charge is 2.19. The molecule has 0 saturated heterocycles. The predicted molar refractivity (Wildman–Crippen MR) is 108 cm³/mol. The maximum atomic E-state index is 12.8. The Morgan fingerprint density at radius 3 is 2.73 bits per heavy atom. The fourth-order valence-electron chi connectivity index (χ4n) is 2.96. The summed E-state index contributed by atoms with van der Waals surface area (Å²) in [5, 5.41) is 7.08. The number of nitrogens with one attached hydrogen (secondary N) is 2. The summed E-state index contributed by atoms with van der Waals surface area (Å²) in [6, 6.07) is 20.0. The zero-order valence-corrected chi connectivity index (χ0v) is 15.0. The number of aromatic nitrogens is 1. The number of hydrogen-bond donors (Lipinski definition) is 2. The molecular formula is C21H17N3OS. The second-order valence-corrected chi connectivity index (χ2v) is 6.98. The molecule has 0 radical (unpaired) electrons. The molecule has 2 aromatic carbocycles. The first-order chi connectivity index (χ1) is 12.7. The highest BCUT2D eigenvalue weighted by molar-refractivity contribution is 7.11. The molecule has 0 fully saturated rings. The Bertz CT molecular complexity index is 1080. The lowest BCUT2D eigenvalue weighted by atomic mass is 10.0. The third kappa shape index (κ3) is 3.17. The first kappa shape index (κ1) is 16.3. The van der Waals surface area contributed by atoms with Gasteiger partial charge in [-0.1, -0.05) is 48.0 Å². The van der Waals surface area contributed by atoms with Gasteiger partial charge in [0, 0.05) is 21.3 Å². The van der Waals surface area contributed by atoms with Crippen molar-refractivity contribution in [3.05, 3.63) is 82.2 Å². The highest BCUT2D eigenvalue weighted by Crippen LogP contribution is 2.33. The summed E-state index contributed by atoms with van der Waals surface area (Å²) in [4.78, 5) is 17.0. The molecule has 0 aliphatic heterocycles. The molecule has 0 aliphatic carbocycles. The predicted octanol–water partition coefficient (Wildman–Crippen LogP) is 4.97. The van der Waals surface area contributed by atoms with Crippen molar-refractivity contribution in [2.24, 2.45) is 5.10 Å². The van der Waals surface area contributed by atoms with Crippen molar-refractivity contribution < 1.29 is 4.79 Å². The van der Waals surface area contributed by atoms with Gasteiger partial charge in [0.1, 0.15) is 5.69 Å². The molecule has 2 heterocycles. The largest absolute Gasteiger partial charge is 0.350 e. The maximum Gasteiger partial charge on any atom is 0.288 e. The van der Waals surface area contributed by atoms with E-state index in [0.29, 0.717) is 5.69 Å². The van der Waals surface area contributed by atoms with Crippen LogP contribution in [0, 0.1) is 6.92 Å². The Kier molecular flexibility index (Phi) is 4.37. The van der Waals surface area contributed by atoms with Gasteiger partial charge in [0.2, 0.25) is 0 Å². The van der Waals surface area contributed by atoms with Crippen molar-refractivity contribution in [1.29, 1.82) is 0 Å². The van der Waals surface area contributed by atoms with Crippen molar-refractivity contribution in [3.8, 4) is 11.1 Å². The summed E-state index contributed by atoms with van der Waals surface area (Å²) in [5.41, 5.74) is 7.12. The lowest BCUT2D eigenvalue weighted by Crippen LogP contribution is -2.18. The van der Waals surface area contributed by atoms with Crippen molar-refractivity contribution in [2.75, 3.05) is 0 Å². The monoisotopic (exact) mass is 359 g/mol. The number of carbonyl (C=O) groups is 1. The summed E-state index contributed by atoms with van der Waals surface area (Å²) >= 11 is 1.57. The molecule has 2 N–H and O–H groups in total. The Balaban J connectivity index is 1.75. The molecule has 4 aromatic rings. The smallest absolute Gasteiger partial charge is 0.288 e. The van der Waals surface area contributed by atoms with Gasteiger partial charge in [0.05, 0.1) is 6.21 Å². The highest BCUT2D eigenvalue weighted by atomic mass is 32.1. The zero-order valence-electron chi connectivity index (χ0n) is 14.2. The lowest BCUT2D eigenvalue weighted by Gasteiger charge is -2.04. The molecule has 0 bridgehead atoms. The molecule has 5 heteroatoms. The normalized spacial score (nSPS) is 11.3. The quantitative estimate of drug-likeness (QED) is 0.392. The first-order valence-electron chi connectivity index (χ1n) is 8.27. The number of fused-ring (bicyclic) bond motifs is 1. The van der Waals surface area contributed by atoms with Crippen LogP contribution in [0.1, 0.15) is 20.9 Å². The van der Waals surface area contributed by atoms with E-state index in [1.165, 1.54) is 0 Å². The van der Waals surface area contributed by atoms with Crippen LogP contribution in [0.25, 0.3) is 22.0 Å². The molecule has 0 saturated carbocycles. The number of hydrogen-bond acceptors (Lipinski definition) is 3. The van der Waals surface area contributed by atoms with E-state index < -0.39 is 0 Å². The lowest BCUT2D eigenvalue weighted by molar-refractivity contribution is 0.0951. The van der Waals surface area contributed by atoms with Crippen molar-refractivity contribution >= 4 is 34.4 Å². The van der Waals surface area contributed by atoms with Crippen LogP contribution in [-0.2, 0) is 0 Å². The minimum Gasteiger partial charge on any atom is -0.350 e. The molecule has 4 rings (SSSR count). The molecule has 128 valence electrons. The van der Waals surface area contributed by atoms with Crippen molar-refractivity contribution in [2.45, 2.75) is 6.92 Å². The number of hydrazone groups is 1. The van der Waals surface area contributed by atoms with Gasteiger partial charge in [-0.05, 0) is 36.1 Å². The van der Waals surface area contributed by atoms with Gasteiger partial charge in [-0.3, -0.25) is 4.79 Å². The SMILES string of the molecule is Cc1ccc2[nH]c(C(=O)N/N=C/c3cccs3)c(-c3ccccc3)c2c1. The van der Waals surface area contributed by atoms with E-state index in [-0.39, 0.29) is 5.91 Å². The Morgan fingerprint density at radius 1 is 1.12 bits per heavy atom. The molecule has 4 nitrogen and oxygen atoms in total. The Labute approximate surface area is 155 Å². The topological polar surface area (TPSA) is 57.2 Å². The molecular weight excluding hydrogens is 342 g/mol. The van der Waals surface area contributed by atoms with Crippen LogP contribution in [0.2, 0.25) is 0 Å². The Hall–Kier alpha value is -3.18. The van der Waals surface area contributed by atoms with E-state index in [9.17, 15) is 4.79 Å². The number of benzene rings is 2. The van der Waals surface area contributed by atoms with E-state index in [0.717, 1.165) is 32.5 Å². The van der Waals surface area contributed by atoms with E-state index >= 15 is 0 Å². The molecule has 0 atom stereocenters. The van der Waals surface area contributed by atoms with Gasteiger partial charge < -0.3 is 4.98 Å². The van der Waals surface area contributed by atoms with Crippen LogP contribution in [-0.4, -0.2) is 17.1 Å². The zero-order chi connectivity index (χ0) is 17.9. The van der Waals surface area contributed by atoms with Crippen LogP contribution >= 0.6 is 11.3 Å². The second kappa shape index (κ2) is 6.98. The molecule has 26 heavy (non-hydrogen) atoms. The number of aryl methyl sites for hydroxylation is 1. The molecule has 0 aliphatic rings. The summed E-state index contributed by atoms with van der Waals surface area (Å²) in [6.07, 6.45) is 1.65. The second-order valence-electron chi connectivity index (χ2n) is 6.00. The molecule has 0 unspecified atom stereocenters. The third-order valence-corrected chi connectivity index (χ3v) is 4.95. The van der Waals surface area contributed by atoms with Gasteiger partial charge in [-0.25, -0.2) is 5.43 Å². The van der Waals surface area contributed by atoms with Crippen molar-refractivity contribution in [1.82, 2.24) is 10.4 Å². The minimum atomic E-state index is -0.259. The van der Waals surface area contributed by atoms with Crippen LogP contribution < -0.4 is 5.43 Å². The van der Waals surface area contributed by atoms with Gasteiger partial charge in [0.15, 0.2) is 0 Å². The van der Waals surface area contributed by atoms with Crippen LogP contribution in [0.5, 0.6) is 0 Å². The van der Waals surface area contributed by atoms with Crippen LogP contribution in [0.4, 0.5) is 0 Å². The molecule has 1 amide bonds. The standard InChI is InChI=1S/C21H17N3OS/c1-14-9-10-18-17(12-14)19(15-6-3-2-4-7-15)20(23-18)21(25)24-22-13-16-8-5-11-26-16/h2-13,23H,1H3,(H,24,25)/b22-13+. The average Bonchev–Trinajstić information content (AvgIpc) is 3.29. The minimum absolute atomic E-state index is 0.259. The number of nitrogens with zero attached hydrogens (tertiary/aromatic N) is 1. The third-order valence-electron chi connectivity index (χ3n) is 4.14. The first-order valence-corrected chi connectivity index (χ1v) is 9.15. The van der Waals surface area contributed by atoms with E-state index in [1.54, 1.807) is 17.6 Å². The maximum absolute atomic E-state index is 12.8. The summed E-state index contributed by atoms with van der Waals surface area (Å²) in [7, 11) is 0. The number of carbonyl (C=O) groups excluding carboxylic acids is 1. The van der Waals surface area contributed by atoms with Gasteiger partial charge in [-0.2, -0.15) is 5.10 Å². The molecule has 0 spiro atoms. The van der Waals surface area contributed by atoms with E-state index in [4.69, 9.17) is 0 Å². The van der Waals surface area contributed by atoms with Gasteiger partial charge in [-0.15, -0.1) is 11.3 Å². The summed E-state index contributed by atoms with van der Waals surface area (Å²) < 4.78 is 0. The Morgan fingerprint density at radius 2 is 1.96 bits per heavy atom. The van der Waals surface area contributed by atoms with Crippen LogP contribution in [0.3, 0.4) is 0 Å². The number of H-pyrrole nitrogens is 1. The average molecular weight is 359 g/mol. The van der Waals surface area contributed by atoms with Crippen LogP contribution in [0.15, 0.2) is 71.1 Å². The number of thiophene rings is 1. The summed E-state index contributed by atoms with van der Waals surface area (Å²) in [5.74, 6) is -0.259. The fraction of sp³-hybridized carbons (Fsp3) is 0.0476. The number of rotatable bonds is 4.